The minimum absolute atomic E-state index is 0.0280. The van der Waals surface area contributed by atoms with E-state index in [0.29, 0.717) is 13.1 Å². The molecule has 2 amide bonds. The predicted octanol–water partition coefficient (Wildman–Crippen LogP) is 3.39. The summed E-state index contributed by atoms with van der Waals surface area (Å²) in [4.78, 5) is 27.7. The first-order valence-electron chi connectivity index (χ1n) is 8.12. The van der Waals surface area contributed by atoms with Gasteiger partial charge in [0.1, 0.15) is 6.54 Å². The molecule has 1 aromatic rings. The van der Waals surface area contributed by atoms with Crippen LogP contribution in [0.4, 0.5) is 5.69 Å². The molecule has 0 bridgehead atoms. The zero-order chi connectivity index (χ0) is 16.5. The van der Waals surface area contributed by atoms with Gasteiger partial charge in [0.15, 0.2) is 0 Å². The maximum Gasteiger partial charge on any atom is 0.246 e. The maximum atomic E-state index is 12.6. The second-order valence-electron chi connectivity index (χ2n) is 5.62. The SMILES string of the molecule is CCCCCN(CC(=O)N(CC)c1cccc(C)c1)C(C)=O. The molecule has 0 radical (unpaired) electrons. The molecule has 0 N–H and O–H groups in total. The Kier molecular flexibility index (Phi) is 7.64. The van der Waals surface area contributed by atoms with E-state index >= 15 is 0 Å². The topological polar surface area (TPSA) is 40.6 Å². The van der Waals surface area contributed by atoms with Crippen LogP contribution in [0.3, 0.4) is 0 Å². The van der Waals surface area contributed by atoms with Crippen LogP contribution in [0.2, 0.25) is 0 Å². The van der Waals surface area contributed by atoms with E-state index in [4.69, 9.17) is 0 Å². The molecule has 0 spiro atoms. The van der Waals surface area contributed by atoms with Crippen molar-refractivity contribution in [2.75, 3.05) is 24.5 Å². The molecule has 122 valence electrons. The summed E-state index contributed by atoms with van der Waals surface area (Å²) in [5, 5.41) is 0. The molecule has 0 saturated heterocycles. The van der Waals surface area contributed by atoms with Gasteiger partial charge in [0.2, 0.25) is 11.8 Å². The zero-order valence-electron chi connectivity index (χ0n) is 14.3. The average Bonchev–Trinajstić information content (AvgIpc) is 2.47. The summed E-state index contributed by atoms with van der Waals surface area (Å²) < 4.78 is 0. The fourth-order valence-corrected chi connectivity index (χ4v) is 2.45. The van der Waals surface area contributed by atoms with Crippen molar-refractivity contribution >= 4 is 17.5 Å². The van der Waals surface area contributed by atoms with Crippen LogP contribution in [0.25, 0.3) is 0 Å². The van der Waals surface area contributed by atoms with E-state index in [9.17, 15) is 9.59 Å². The van der Waals surface area contributed by atoms with E-state index in [1.54, 1.807) is 9.80 Å². The van der Waals surface area contributed by atoms with E-state index in [0.717, 1.165) is 30.5 Å². The molecule has 1 rings (SSSR count). The lowest BCUT2D eigenvalue weighted by molar-refractivity contribution is -0.133. The molecule has 0 aliphatic carbocycles. The normalized spacial score (nSPS) is 10.4. The predicted molar refractivity (Wildman–Crippen MR) is 91.0 cm³/mol. The molecule has 0 aliphatic rings. The number of carbonyl (C=O) groups excluding carboxylic acids is 2. The summed E-state index contributed by atoms with van der Waals surface area (Å²) in [5.41, 5.74) is 2.01. The molecule has 0 unspecified atom stereocenters. The van der Waals surface area contributed by atoms with Crippen molar-refractivity contribution in [1.29, 1.82) is 0 Å². The van der Waals surface area contributed by atoms with Gasteiger partial charge in [-0.15, -0.1) is 0 Å². The van der Waals surface area contributed by atoms with E-state index in [-0.39, 0.29) is 18.4 Å². The Morgan fingerprint density at radius 1 is 1.14 bits per heavy atom. The first kappa shape index (κ1) is 18.2. The fourth-order valence-electron chi connectivity index (χ4n) is 2.45. The van der Waals surface area contributed by atoms with Gasteiger partial charge in [-0.25, -0.2) is 0 Å². The lowest BCUT2D eigenvalue weighted by Crippen LogP contribution is -2.42. The highest BCUT2D eigenvalue weighted by molar-refractivity contribution is 5.96. The highest BCUT2D eigenvalue weighted by atomic mass is 16.2. The van der Waals surface area contributed by atoms with Crippen LogP contribution in [-0.4, -0.2) is 36.3 Å². The van der Waals surface area contributed by atoms with Crippen molar-refractivity contribution in [1.82, 2.24) is 4.90 Å². The van der Waals surface area contributed by atoms with Gasteiger partial charge in [-0.05, 0) is 38.0 Å². The number of carbonyl (C=O) groups is 2. The van der Waals surface area contributed by atoms with Crippen LogP contribution in [-0.2, 0) is 9.59 Å². The summed E-state index contributed by atoms with van der Waals surface area (Å²) in [6, 6.07) is 7.89. The molecular formula is C18H28N2O2. The highest BCUT2D eigenvalue weighted by Gasteiger charge is 2.19. The quantitative estimate of drug-likeness (QED) is 0.691. The molecule has 0 heterocycles. The Balaban J connectivity index is 2.75. The van der Waals surface area contributed by atoms with Gasteiger partial charge in [0.05, 0.1) is 0 Å². The Labute approximate surface area is 134 Å². The van der Waals surface area contributed by atoms with Crippen molar-refractivity contribution in [3.05, 3.63) is 29.8 Å². The molecular weight excluding hydrogens is 276 g/mol. The van der Waals surface area contributed by atoms with Gasteiger partial charge in [0.25, 0.3) is 0 Å². The number of anilines is 1. The van der Waals surface area contributed by atoms with E-state index < -0.39 is 0 Å². The summed E-state index contributed by atoms with van der Waals surface area (Å²) in [6.07, 6.45) is 3.12. The largest absolute Gasteiger partial charge is 0.334 e. The third-order valence-electron chi connectivity index (χ3n) is 3.73. The van der Waals surface area contributed by atoms with Gasteiger partial charge in [-0.1, -0.05) is 31.9 Å². The summed E-state index contributed by atoms with van der Waals surface area (Å²) >= 11 is 0. The van der Waals surface area contributed by atoms with Crippen LogP contribution in [0, 0.1) is 6.92 Å². The number of amides is 2. The Morgan fingerprint density at radius 2 is 1.86 bits per heavy atom. The molecule has 0 atom stereocenters. The van der Waals surface area contributed by atoms with Gasteiger partial charge in [0, 0.05) is 25.7 Å². The van der Waals surface area contributed by atoms with Crippen LogP contribution >= 0.6 is 0 Å². The number of hydrogen-bond acceptors (Lipinski definition) is 2. The average molecular weight is 304 g/mol. The Morgan fingerprint density at radius 3 is 2.41 bits per heavy atom. The lowest BCUT2D eigenvalue weighted by atomic mass is 10.2. The van der Waals surface area contributed by atoms with E-state index in [1.807, 2.05) is 38.1 Å². The minimum Gasteiger partial charge on any atom is -0.334 e. The minimum atomic E-state index is -0.0373. The van der Waals surface area contributed by atoms with Crippen LogP contribution in [0.5, 0.6) is 0 Å². The number of benzene rings is 1. The van der Waals surface area contributed by atoms with Crippen molar-refractivity contribution in [3.8, 4) is 0 Å². The van der Waals surface area contributed by atoms with Crippen LogP contribution in [0.1, 0.15) is 45.6 Å². The molecule has 4 heteroatoms. The Hall–Kier alpha value is -1.84. The van der Waals surface area contributed by atoms with Crippen molar-refractivity contribution in [2.45, 2.75) is 47.0 Å². The first-order chi connectivity index (χ1) is 10.5. The lowest BCUT2D eigenvalue weighted by Gasteiger charge is -2.26. The van der Waals surface area contributed by atoms with E-state index in [2.05, 4.69) is 6.92 Å². The standard InChI is InChI=1S/C18H28N2O2/c1-5-7-8-12-19(16(4)21)14-18(22)20(6-2)17-11-9-10-15(3)13-17/h9-11,13H,5-8,12,14H2,1-4H3. The maximum absolute atomic E-state index is 12.6. The van der Waals surface area contributed by atoms with Crippen molar-refractivity contribution in [3.63, 3.8) is 0 Å². The van der Waals surface area contributed by atoms with Crippen molar-refractivity contribution < 1.29 is 9.59 Å². The van der Waals surface area contributed by atoms with Gasteiger partial charge in [-0.2, -0.15) is 0 Å². The fraction of sp³-hybridized carbons (Fsp3) is 0.556. The Bertz CT molecular complexity index is 500. The molecule has 1 aromatic carbocycles. The van der Waals surface area contributed by atoms with E-state index in [1.165, 1.54) is 6.92 Å². The number of rotatable bonds is 8. The van der Waals surface area contributed by atoms with Crippen LogP contribution < -0.4 is 4.90 Å². The van der Waals surface area contributed by atoms with Gasteiger partial charge < -0.3 is 9.80 Å². The molecule has 0 aromatic heterocycles. The zero-order valence-corrected chi connectivity index (χ0v) is 14.3. The number of likely N-dealkylation sites (N-methyl/N-ethyl adjacent to an activating group) is 1. The van der Waals surface area contributed by atoms with Crippen molar-refractivity contribution in [2.24, 2.45) is 0 Å². The molecule has 22 heavy (non-hydrogen) atoms. The third kappa shape index (κ3) is 5.51. The number of hydrogen-bond donors (Lipinski definition) is 0. The highest BCUT2D eigenvalue weighted by Crippen LogP contribution is 2.16. The molecule has 0 fully saturated rings. The van der Waals surface area contributed by atoms with Gasteiger partial charge in [-0.3, -0.25) is 9.59 Å². The number of unbranched alkanes of at least 4 members (excludes halogenated alkanes) is 2. The molecule has 4 nitrogen and oxygen atoms in total. The second kappa shape index (κ2) is 9.23. The summed E-state index contributed by atoms with van der Waals surface area (Å²) in [7, 11) is 0. The third-order valence-corrected chi connectivity index (χ3v) is 3.73. The number of nitrogens with zero attached hydrogens (tertiary/aromatic N) is 2. The summed E-state index contributed by atoms with van der Waals surface area (Å²) in [5.74, 6) is -0.0652. The summed E-state index contributed by atoms with van der Waals surface area (Å²) in [6.45, 7) is 9.02. The molecule has 0 saturated carbocycles. The number of aryl methyl sites for hydroxylation is 1. The van der Waals surface area contributed by atoms with Crippen LogP contribution in [0.15, 0.2) is 24.3 Å². The van der Waals surface area contributed by atoms with Gasteiger partial charge >= 0.3 is 0 Å². The monoisotopic (exact) mass is 304 g/mol. The molecule has 0 aliphatic heterocycles. The second-order valence-corrected chi connectivity index (χ2v) is 5.62. The first-order valence-corrected chi connectivity index (χ1v) is 8.12. The smallest absolute Gasteiger partial charge is 0.246 e.